The molecule has 0 atom stereocenters. The van der Waals surface area contributed by atoms with Crippen molar-refractivity contribution in [2.75, 3.05) is 24.2 Å². The normalized spacial score (nSPS) is 16.2. The van der Waals surface area contributed by atoms with Crippen LogP contribution in [0.4, 0.5) is 5.95 Å². The maximum Gasteiger partial charge on any atom is 0.225 e. The van der Waals surface area contributed by atoms with E-state index < -0.39 is 0 Å². The second kappa shape index (κ2) is 6.45. The molecule has 4 nitrogen and oxygen atoms in total. The zero-order valence-electron chi connectivity index (χ0n) is 12.2. The molecule has 2 heterocycles. The highest BCUT2D eigenvalue weighted by atomic mass is 32.2. The third-order valence-electron chi connectivity index (χ3n) is 3.85. The van der Waals surface area contributed by atoms with E-state index in [1.165, 1.54) is 4.90 Å². The Labute approximate surface area is 129 Å². The van der Waals surface area contributed by atoms with Gasteiger partial charge in [0.1, 0.15) is 0 Å². The summed E-state index contributed by atoms with van der Waals surface area (Å²) in [5, 5.41) is 0. The molecule has 0 saturated carbocycles. The van der Waals surface area contributed by atoms with Gasteiger partial charge in [0.25, 0.3) is 0 Å². The summed E-state index contributed by atoms with van der Waals surface area (Å²) in [5.41, 5.74) is 8.06. The molecule has 1 saturated heterocycles. The van der Waals surface area contributed by atoms with Crippen molar-refractivity contribution in [2.45, 2.75) is 23.8 Å². The van der Waals surface area contributed by atoms with Gasteiger partial charge in [0, 0.05) is 35.8 Å². The molecular formula is C16H20N4S. The first-order valence-electron chi connectivity index (χ1n) is 7.24. The molecule has 1 aromatic carbocycles. The minimum Gasteiger partial charge on any atom is -0.341 e. The summed E-state index contributed by atoms with van der Waals surface area (Å²) >= 11 is 1.75. The van der Waals surface area contributed by atoms with Gasteiger partial charge in [0.05, 0.1) is 5.69 Å². The molecule has 0 unspecified atom stereocenters. The van der Waals surface area contributed by atoms with Crippen LogP contribution in [0, 0.1) is 0 Å². The van der Waals surface area contributed by atoms with Crippen molar-refractivity contribution < 1.29 is 0 Å². The van der Waals surface area contributed by atoms with Crippen LogP contribution >= 0.6 is 11.8 Å². The molecule has 0 amide bonds. The van der Waals surface area contributed by atoms with Crippen LogP contribution in [0.25, 0.3) is 11.3 Å². The van der Waals surface area contributed by atoms with Crippen molar-refractivity contribution in [2.24, 2.45) is 5.73 Å². The number of hydrogen-bond acceptors (Lipinski definition) is 5. The van der Waals surface area contributed by atoms with Crippen LogP contribution in [-0.2, 0) is 0 Å². The molecule has 1 fully saturated rings. The van der Waals surface area contributed by atoms with Gasteiger partial charge >= 0.3 is 0 Å². The van der Waals surface area contributed by atoms with Gasteiger partial charge in [-0.3, -0.25) is 0 Å². The van der Waals surface area contributed by atoms with Crippen molar-refractivity contribution >= 4 is 17.7 Å². The minimum absolute atomic E-state index is 0.323. The van der Waals surface area contributed by atoms with Gasteiger partial charge < -0.3 is 10.6 Å². The van der Waals surface area contributed by atoms with Gasteiger partial charge in [0.2, 0.25) is 5.95 Å². The molecule has 1 aromatic heterocycles. The Kier molecular flexibility index (Phi) is 4.41. The minimum atomic E-state index is 0.323. The van der Waals surface area contributed by atoms with E-state index in [0.29, 0.717) is 6.04 Å². The highest BCUT2D eigenvalue weighted by Crippen LogP contribution is 2.23. The third-order valence-corrected chi connectivity index (χ3v) is 4.59. The van der Waals surface area contributed by atoms with Gasteiger partial charge in [0.15, 0.2) is 0 Å². The van der Waals surface area contributed by atoms with Crippen LogP contribution in [0.1, 0.15) is 12.8 Å². The zero-order valence-corrected chi connectivity index (χ0v) is 13.0. The monoisotopic (exact) mass is 300 g/mol. The fourth-order valence-corrected chi connectivity index (χ4v) is 2.93. The number of benzene rings is 1. The van der Waals surface area contributed by atoms with Gasteiger partial charge in [-0.25, -0.2) is 9.97 Å². The summed E-state index contributed by atoms with van der Waals surface area (Å²) in [6, 6.07) is 10.8. The first kappa shape index (κ1) is 14.4. The Hall–Kier alpha value is -1.59. The Morgan fingerprint density at radius 1 is 1.14 bits per heavy atom. The van der Waals surface area contributed by atoms with Gasteiger partial charge in [-0.15, -0.1) is 11.8 Å². The van der Waals surface area contributed by atoms with E-state index in [2.05, 4.69) is 40.4 Å². The molecule has 0 aliphatic carbocycles. The molecule has 0 spiro atoms. The van der Waals surface area contributed by atoms with E-state index in [1.54, 1.807) is 11.8 Å². The maximum absolute atomic E-state index is 5.95. The molecule has 0 radical (unpaired) electrons. The van der Waals surface area contributed by atoms with E-state index >= 15 is 0 Å². The second-order valence-electron chi connectivity index (χ2n) is 5.29. The fraction of sp³-hybridized carbons (Fsp3) is 0.375. The van der Waals surface area contributed by atoms with E-state index in [4.69, 9.17) is 10.7 Å². The molecule has 21 heavy (non-hydrogen) atoms. The zero-order chi connectivity index (χ0) is 14.7. The fourth-order valence-electron chi connectivity index (χ4n) is 2.52. The van der Waals surface area contributed by atoms with Crippen LogP contribution in [0.2, 0.25) is 0 Å². The number of nitrogens with two attached hydrogens (primary N) is 1. The lowest BCUT2D eigenvalue weighted by Gasteiger charge is -2.30. The lowest BCUT2D eigenvalue weighted by molar-refractivity contribution is 0.495. The predicted molar refractivity (Wildman–Crippen MR) is 88.7 cm³/mol. The predicted octanol–water partition coefficient (Wildman–Crippen LogP) is 2.79. The molecule has 2 aromatic rings. The van der Waals surface area contributed by atoms with E-state index in [-0.39, 0.29) is 0 Å². The summed E-state index contributed by atoms with van der Waals surface area (Å²) in [6.07, 6.45) is 5.94. The van der Waals surface area contributed by atoms with Crippen molar-refractivity contribution in [1.82, 2.24) is 9.97 Å². The smallest absolute Gasteiger partial charge is 0.225 e. The number of aromatic nitrogens is 2. The molecule has 1 aliphatic heterocycles. The number of hydrogen-bond donors (Lipinski definition) is 1. The van der Waals surface area contributed by atoms with Crippen molar-refractivity contribution in [1.29, 1.82) is 0 Å². The second-order valence-corrected chi connectivity index (χ2v) is 6.17. The van der Waals surface area contributed by atoms with Crippen molar-refractivity contribution in [3.05, 3.63) is 36.5 Å². The summed E-state index contributed by atoms with van der Waals surface area (Å²) in [7, 11) is 0. The standard InChI is InChI=1S/C16H20N4S/c1-21-14-4-2-12(3-5-14)15-6-9-18-16(19-15)20-10-7-13(17)8-11-20/h2-6,9,13H,7-8,10-11,17H2,1H3. The van der Waals surface area contributed by atoms with Crippen LogP contribution in [-0.4, -0.2) is 35.4 Å². The van der Waals surface area contributed by atoms with Crippen LogP contribution in [0.5, 0.6) is 0 Å². The highest BCUT2D eigenvalue weighted by Gasteiger charge is 2.18. The number of thioether (sulfide) groups is 1. The topological polar surface area (TPSA) is 55.0 Å². The first-order valence-corrected chi connectivity index (χ1v) is 8.47. The summed E-state index contributed by atoms with van der Waals surface area (Å²) in [5.74, 6) is 0.813. The number of nitrogens with zero attached hydrogens (tertiary/aromatic N) is 3. The molecule has 2 N–H and O–H groups in total. The average Bonchev–Trinajstić information content (AvgIpc) is 2.56. The van der Waals surface area contributed by atoms with Gasteiger partial charge in [-0.05, 0) is 37.3 Å². The quantitative estimate of drug-likeness (QED) is 0.883. The Bertz CT molecular complexity index is 591. The first-order chi connectivity index (χ1) is 10.3. The summed E-state index contributed by atoms with van der Waals surface area (Å²) in [4.78, 5) is 12.6. The Balaban J connectivity index is 1.82. The highest BCUT2D eigenvalue weighted by molar-refractivity contribution is 7.98. The summed E-state index contributed by atoms with van der Waals surface area (Å²) in [6.45, 7) is 1.88. The molecule has 5 heteroatoms. The van der Waals surface area contributed by atoms with E-state index in [9.17, 15) is 0 Å². The Morgan fingerprint density at radius 2 is 1.86 bits per heavy atom. The van der Waals surface area contributed by atoms with Crippen LogP contribution in [0.15, 0.2) is 41.4 Å². The lowest BCUT2D eigenvalue weighted by Crippen LogP contribution is -2.40. The summed E-state index contributed by atoms with van der Waals surface area (Å²) < 4.78 is 0. The van der Waals surface area contributed by atoms with Crippen LogP contribution in [0.3, 0.4) is 0 Å². The molecule has 0 bridgehead atoms. The molecular weight excluding hydrogens is 280 g/mol. The largest absolute Gasteiger partial charge is 0.341 e. The van der Waals surface area contributed by atoms with Crippen molar-refractivity contribution in [3.63, 3.8) is 0 Å². The van der Waals surface area contributed by atoms with Gasteiger partial charge in [-0.2, -0.15) is 0 Å². The number of piperidine rings is 1. The van der Waals surface area contributed by atoms with Crippen molar-refractivity contribution in [3.8, 4) is 11.3 Å². The van der Waals surface area contributed by atoms with E-state index in [0.717, 1.165) is 43.1 Å². The molecule has 3 rings (SSSR count). The SMILES string of the molecule is CSc1ccc(-c2ccnc(N3CCC(N)CC3)n2)cc1. The number of rotatable bonds is 3. The lowest BCUT2D eigenvalue weighted by atomic mass is 10.1. The Morgan fingerprint density at radius 3 is 2.52 bits per heavy atom. The van der Waals surface area contributed by atoms with E-state index in [1.807, 2.05) is 12.3 Å². The van der Waals surface area contributed by atoms with Gasteiger partial charge in [-0.1, -0.05) is 12.1 Å². The number of anilines is 1. The van der Waals surface area contributed by atoms with Crippen LogP contribution < -0.4 is 10.6 Å². The maximum atomic E-state index is 5.95. The molecule has 1 aliphatic rings. The average molecular weight is 300 g/mol. The third kappa shape index (κ3) is 3.36. The molecule has 110 valence electrons.